The van der Waals surface area contributed by atoms with Crippen LogP contribution in [0.25, 0.3) is 0 Å². The SMILES string of the molecule is CCCCC(CC)CN1CC(=O)NC(C(C)C)C1=O. The van der Waals surface area contributed by atoms with Gasteiger partial charge in [-0.3, -0.25) is 9.59 Å². The number of hydrogen-bond acceptors (Lipinski definition) is 2. The zero-order chi connectivity index (χ0) is 14.4. The molecule has 4 nitrogen and oxygen atoms in total. The highest BCUT2D eigenvalue weighted by atomic mass is 16.2. The van der Waals surface area contributed by atoms with Gasteiger partial charge in [-0.25, -0.2) is 0 Å². The van der Waals surface area contributed by atoms with Crippen LogP contribution in [0, 0.1) is 11.8 Å². The first kappa shape index (κ1) is 16.0. The first-order chi connectivity index (χ1) is 8.99. The molecule has 1 heterocycles. The maximum absolute atomic E-state index is 12.3. The number of piperazine rings is 1. The second kappa shape index (κ2) is 7.51. The molecule has 1 saturated heterocycles. The van der Waals surface area contributed by atoms with Crippen molar-refractivity contribution in [2.24, 2.45) is 11.8 Å². The average Bonchev–Trinajstić information content (AvgIpc) is 2.37. The van der Waals surface area contributed by atoms with Gasteiger partial charge >= 0.3 is 0 Å². The summed E-state index contributed by atoms with van der Waals surface area (Å²) in [7, 11) is 0. The van der Waals surface area contributed by atoms with E-state index >= 15 is 0 Å². The molecule has 0 aromatic heterocycles. The van der Waals surface area contributed by atoms with E-state index in [0.29, 0.717) is 5.92 Å². The molecule has 2 amide bonds. The molecule has 2 atom stereocenters. The first-order valence-corrected chi connectivity index (χ1v) is 7.57. The Balaban J connectivity index is 2.64. The highest BCUT2D eigenvalue weighted by molar-refractivity contribution is 5.94. The van der Waals surface area contributed by atoms with E-state index in [1.54, 1.807) is 4.90 Å². The molecule has 1 rings (SSSR count). The summed E-state index contributed by atoms with van der Waals surface area (Å²) in [6.45, 7) is 9.24. The van der Waals surface area contributed by atoms with Crippen LogP contribution in [0.15, 0.2) is 0 Å². The molecule has 0 saturated carbocycles. The maximum atomic E-state index is 12.3. The van der Waals surface area contributed by atoms with Crippen LogP contribution >= 0.6 is 0 Å². The third kappa shape index (κ3) is 4.51. The van der Waals surface area contributed by atoms with Crippen molar-refractivity contribution in [1.29, 1.82) is 0 Å². The molecule has 0 aromatic carbocycles. The smallest absolute Gasteiger partial charge is 0.245 e. The van der Waals surface area contributed by atoms with Gasteiger partial charge in [0.2, 0.25) is 11.8 Å². The number of amides is 2. The second-order valence-electron chi connectivity index (χ2n) is 5.92. The zero-order valence-electron chi connectivity index (χ0n) is 12.7. The van der Waals surface area contributed by atoms with Crippen LogP contribution in [0.3, 0.4) is 0 Å². The second-order valence-corrected chi connectivity index (χ2v) is 5.92. The van der Waals surface area contributed by atoms with E-state index in [2.05, 4.69) is 19.2 Å². The first-order valence-electron chi connectivity index (χ1n) is 7.57. The Bertz CT molecular complexity index is 315. The largest absolute Gasteiger partial charge is 0.343 e. The van der Waals surface area contributed by atoms with E-state index < -0.39 is 0 Å². The molecule has 110 valence electrons. The van der Waals surface area contributed by atoms with Gasteiger partial charge in [-0.05, 0) is 18.3 Å². The lowest BCUT2D eigenvalue weighted by Gasteiger charge is -2.36. The Morgan fingerprint density at radius 3 is 2.53 bits per heavy atom. The minimum atomic E-state index is -0.343. The number of carbonyl (C=O) groups excluding carboxylic acids is 2. The molecule has 0 radical (unpaired) electrons. The summed E-state index contributed by atoms with van der Waals surface area (Å²) >= 11 is 0. The number of unbranched alkanes of at least 4 members (excludes halogenated alkanes) is 1. The van der Waals surface area contributed by atoms with Crippen LogP contribution < -0.4 is 5.32 Å². The molecule has 19 heavy (non-hydrogen) atoms. The highest BCUT2D eigenvalue weighted by Crippen LogP contribution is 2.17. The fraction of sp³-hybridized carbons (Fsp3) is 0.867. The maximum Gasteiger partial charge on any atom is 0.245 e. The lowest BCUT2D eigenvalue weighted by Crippen LogP contribution is -2.60. The van der Waals surface area contributed by atoms with Gasteiger partial charge in [0.1, 0.15) is 6.04 Å². The normalized spacial score (nSPS) is 21.7. The van der Waals surface area contributed by atoms with Gasteiger partial charge in [0.15, 0.2) is 0 Å². The summed E-state index contributed by atoms with van der Waals surface area (Å²) in [6, 6.07) is -0.343. The Labute approximate surface area is 116 Å². The van der Waals surface area contributed by atoms with Crippen molar-refractivity contribution < 1.29 is 9.59 Å². The van der Waals surface area contributed by atoms with E-state index in [1.165, 1.54) is 12.8 Å². The summed E-state index contributed by atoms with van der Waals surface area (Å²) in [4.78, 5) is 25.8. The quantitative estimate of drug-likeness (QED) is 0.769. The van der Waals surface area contributed by atoms with Gasteiger partial charge in [-0.1, -0.05) is 47.0 Å². The van der Waals surface area contributed by atoms with Gasteiger partial charge in [-0.15, -0.1) is 0 Å². The molecule has 0 spiro atoms. The van der Waals surface area contributed by atoms with Crippen molar-refractivity contribution in [2.75, 3.05) is 13.1 Å². The van der Waals surface area contributed by atoms with Crippen LogP contribution in [0.5, 0.6) is 0 Å². The van der Waals surface area contributed by atoms with Gasteiger partial charge in [0.05, 0.1) is 6.54 Å². The number of hydrogen-bond donors (Lipinski definition) is 1. The molecule has 0 aliphatic carbocycles. The van der Waals surface area contributed by atoms with E-state index in [-0.39, 0.29) is 30.3 Å². The lowest BCUT2D eigenvalue weighted by molar-refractivity contribution is -0.146. The minimum Gasteiger partial charge on any atom is -0.343 e. The molecule has 0 aromatic rings. The zero-order valence-corrected chi connectivity index (χ0v) is 12.7. The Hall–Kier alpha value is -1.06. The van der Waals surface area contributed by atoms with E-state index in [9.17, 15) is 9.59 Å². The minimum absolute atomic E-state index is 0.0244. The van der Waals surface area contributed by atoms with Crippen molar-refractivity contribution >= 4 is 11.8 Å². The molecule has 1 aliphatic rings. The number of rotatable bonds is 7. The van der Waals surface area contributed by atoms with Crippen LogP contribution in [-0.4, -0.2) is 35.8 Å². The van der Waals surface area contributed by atoms with Crippen molar-refractivity contribution in [2.45, 2.75) is 59.4 Å². The Kier molecular flexibility index (Phi) is 6.32. The van der Waals surface area contributed by atoms with Gasteiger partial charge in [-0.2, -0.15) is 0 Å². The average molecular weight is 268 g/mol. The van der Waals surface area contributed by atoms with E-state index in [1.807, 2.05) is 13.8 Å². The third-order valence-corrected chi connectivity index (χ3v) is 3.92. The third-order valence-electron chi connectivity index (χ3n) is 3.92. The topological polar surface area (TPSA) is 49.4 Å². The monoisotopic (exact) mass is 268 g/mol. The Morgan fingerprint density at radius 1 is 1.32 bits per heavy atom. The van der Waals surface area contributed by atoms with E-state index in [0.717, 1.165) is 19.4 Å². The number of nitrogens with one attached hydrogen (secondary N) is 1. The summed E-state index contributed by atoms with van der Waals surface area (Å²) in [5.41, 5.74) is 0. The standard InChI is InChI=1S/C15H28N2O2/c1-5-7-8-12(6-2)9-17-10-13(18)16-14(11(3)4)15(17)19/h11-12,14H,5-10H2,1-4H3,(H,16,18). The predicted octanol–water partition coefficient (Wildman–Crippen LogP) is 2.19. The molecule has 2 unspecified atom stereocenters. The summed E-state index contributed by atoms with van der Waals surface area (Å²) in [5, 5.41) is 2.80. The fourth-order valence-corrected chi connectivity index (χ4v) is 2.56. The van der Waals surface area contributed by atoms with Crippen molar-refractivity contribution in [3.05, 3.63) is 0 Å². The lowest BCUT2D eigenvalue weighted by atomic mass is 9.96. The van der Waals surface area contributed by atoms with Crippen LogP contribution in [0.4, 0.5) is 0 Å². The van der Waals surface area contributed by atoms with Crippen molar-refractivity contribution in [3.63, 3.8) is 0 Å². The van der Waals surface area contributed by atoms with Gasteiger partial charge in [0.25, 0.3) is 0 Å². The molecular formula is C15H28N2O2. The Morgan fingerprint density at radius 2 is 2.00 bits per heavy atom. The predicted molar refractivity (Wildman–Crippen MR) is 76.7 cm³/mol. The number of carbonyl (C=O) groups is 2. The highest BCUT2D eigenvalue weighted by Gasteiger charge is 2.34. The van der Waals surface area contributed by atoms with E-state index in [4.69, 9.17) is 0 Å². The van der Waals surface area contributed by atoms with Gasteiger partial charge in [0, 0.05) is 6.54 Å². The summed E-state index contributed by atoms with van der Waals surface area (Å²) in [6.07, 6.45) is 4.59. The number of nitrogens with zero attached hydrogens (tertiary/aromatic N) is 1. The molecule has 1 fully saturated rings. The summed E-state index contributed by atoms with van der Waals surface area (Å²) < 4.78 is 0. The van der Waals surface area contributed by atoms with Crippen LogP contribution in [0.2, 0.25) is 0 Å². The molecule has 1 aliphatic heterocycles. The molecular weight excluding hydrogens is 240 g/mol. The van der Waals surface area contributed by atoms with Crippen LogP contribution in [-0.2, 0) is 9.59 Å². The van der Waals surface area contributed by atoms with Gasteiger partial charge < -0.3 is 10.2 Å². The van der Waals surface area contributed by atoms with Crippen molar-refractivity contribution in [3.8, 4) is 0 Å². The van der Waals surface area contributed by atoms with Crippen LogP contribution in [0.1, 0.15) is 53.4 Å². The molecule has 1 N–H and O–H groups in total. The summed E-state index contributed by atoms with van der Waals surface area (Å²) in [5.74, 6) is 0.728. The molecule has 4 heteroatoms. The fourth-order valence-electron chi connectivity index (χ4n) is 2.56. The van der Waals surface area contributed by atoms with Crippen molar-refractivity contribution in [1.82, 2.24) is 10.2 Å². The molecule has 0 bridgehead atoms.